The van der Waals surface area contributed by atoms with E-state index in [1.165, 1.54) is 5.56 Å². The molecule has 2 rings (SSSR count). The number of rotatable bonds is 11. The largest absolute Gasteiger partial charge is 0.491 e. The molecule has 0 fully saturated rings. The van der Waals surface area contributed by atoms with Gasteiger partial charge in [-0.3, -0.25) is 0 Å². The van der Waals surface area contributed by atoms with Crippen molar-refractivity contribution in [1.29, 1.82) is 0 Å². The summed E-state index contributed by atoms with van der Waals surface area (Å²) in [6, 6.07) is 18.3. The zero-order chi connectivity index (χ0) is 16.9. The van der Waals surface area contributed by atoms with Crippen molar-refractivity contribution in [3.05, 3.63) is 65.7 Å². The van der Waals surface area contributed by atoms with E-state index in [0.717, 1.165) is 24.3 Å². The summed E-state index contributed by atoms with van der Waals surface area (Å²) in [6.45, 7) is 5.28. The number of hydrogen-bond acceptors (Lipinski definition) is 3. The zero-order valence-corrected chi connectivity index (χ0v) is 14.3. The van der Waals surface area contributed by atoms with E-state index in [9.17, 15) is 0 Å². The van der Waals surface area contributed by atoms with Gasteiger partial charge in [0.15, 0.2) is 0 Å². The first-order valence-corrected chi connectivity index (χ1v) is 8.50. The topological polar surface area (TPSA) is 27.7 Å². The van der Waals surface area contributed by atoms with Crippen LogP contribution >= 0.6 is 0 Å². The molecule has 2 aromatic carbocycles. The van der Waals surface area contributed by atoms with Gasteiger partial charge in [0.2, 0.25) is 0 Å². The van der Waals surface area contributed by atoms with Gasteiger partial charge in [-0.25, -0.2) is 0 Å². The molecular weight excluding hydrogens is 300 g/mol. The van der Waals surface area contributed by atoms with Crippen molar-refractivity contribution in [3.63, 3.8) is 0 Å². The summed E-state index contributed by atoms with van der Waals surface area (Å²) in [6.07, 6.45) is 5.24. The molecule has 0 aliphatic carbocycles. The van der Waals surface area contributed by atoms with E-state index >= 15 is 0 Å². The van der Waals surface area contributed by atoms with Crippen molar-refractivity contribution < 1.29 is 14.2 Å². The van der Waals surface area contributed by atoms with Crippen LogP contribution < -0.4 is 4.74 Å². The van der Waals surface area contributed by atoms with Gasteiger partial charge < -0.3 is 14.2 Å². The predicted molar refractivity (Wildman–Crippen MR) is 99.2 cm³/mol. The minimum absolute atomic E-state index is 0.549. The van der Waals surface area contributed by atoms with Crippen LogP contribution in [0, 0.1) is 0 Å². The molecule has 0 spiro atoms. The van der Waals surface area contributed by atoms with E-state index in [-0.39, 0.29) is 0 Å². The summed E-state index contributed by atoms with van der Waals surface area (Å²) in [5.74, 6) is 0.859. The Kier molecular flexibility index (Phi) is 8.69. The highest BCUT2D eigenvalue weighted by Crippen LogP contribution is 2.14. The van der Waals surface area contributed by atoms with Crippen LogP contribution in [-0.2, 0) is 9.47 Å². The van der Waals surface area contributed by atoms with Crippen LogP contribution in [0.25, 0.3) is 12.2 Å². The Bertz CT molecular complexity index is 576. The molecule has 0 N–H and O–H groups in total. The second-order valence-electron chi connectivity index (χ2n) is 5.39. The van der Waals surface area contributed by atoms with Crippen LogP contribution in [0.5, 0.6) is 5.75 Å². The van der Waals surface area contributed by atoms with Gasteiger partial charge in [-0.15, -0.1) is 0 Å². The molecule has 0 bridgehead atoms. The van der Waals surface area contributed by atoms with Crippen LogP contribution in [0.1, 0.15) is 24.5 Å². The van der Waals surface area contributed by atoms with Gasteiger partial charge in [-0.05, 0) is 29.7 Å². The Morgan fingerprint density at radius 3 is 1.92 bits per heavy atom. The quantitative estimate of drug-likeness (QED) is 0.443. The van der Waals surface area contributed by atoms with E-state index < -0.39 is 0 Å². The van der Waals surface area contributed by atoms with E-state index in [2.05, 4.69) is 31.2 Å². The van der Waals surface area contributed by atoms with Crippen molar-refractivity contribution in [1.82, 2.24) is 0 Å². The summed E-state index contributed by atoms with van der Waals surface area (Å²) < 4.78 is 16.5. The Morgan fingerprint density at radius 2 is 1.25 bits per heavy atom. The predicted octanol–water partition coefficient (Wildman–Crippen LogP) is 4.68. The first-order chi connectivity index (χ1) is 11.9. The highest BCUT2D eigenvalue weighted by molar-refractivity contribution is 5.69. The molecule has 2 aromatic rings. The van der Waals surface area contributed by atoms with Crippen molar-refractivity contribution in [2.75, 3.05) is 33.0 Å². The summed E-state index contributed by atoms with van der Waals surface area (Å²) in [5, 5.41) is 0. The molecule has 3 heteroatoms. The molecule has 0 saturated carbocycles. The normalized spacial score (nSPS) is 11.0. The highest BCUT2D eigenvalue weighted by atomic mass is 16.5. The van der Waals surface area contributed by atoms with Crippen LogP contribution in [-0.4, -0.2) is 33.0 Å². The Labute approximate surface area is 144 Å². The molecule has 128 valence electrons. The fraction of sp³-hybridized carbons (Fsp3) is 0.333. The monoisotopic (exact) mass is 326 g/mol. The average Bonchev–Trinajstić information content (AvgIpc) is 2.64. The van der Waals surface area contributed by atoms with Crippen LogP contribution in [0.3, 0.4) is 0 Å². The Morgan fingerprint density at radius 1 is 0.667 bits per heavy atom. The molecule has 0 saturated heterocycles. The third kappa shape index (κ3) is 7.44. The van der Waals surface area contributed by atoms with Crippen LogP contribution in [0.15, 0.2) is 54.6 Å². The van der Waals surface area contributed by atoms with Gasteiger partial charge in [-0.2, -0.15) is 0 Å². The zero-order valence-electron chi connectivity index (χ0n) is 14.3. The lowest BCUT2D eigenvalue weighted by molar-refractivity contribution is 0.0366. The molecule has 0 aliphatic rings. The van der Waals surface area contributed by atoms with Gasteiger partial charge >= 0.3 is 0 Å². The minimum Gasteiger partial charge on any atom is -0.491 e. The first kappa shape index (κ1) is 18.2. The molecule has 0 heterocycles. The van der Waals surface area contributed by atoms with Crippen molar-refractivity contribution >= 4 is 12.2 Å². The molecule has 0 aliphatic heterocycles. The molecule has 0 atom stereocenters. The van der Waals surface area contributed by atoms with Crippen molar-refractivity contribution in [2.24, 2.45) is 0 Å². The van der Waals surface area contributed by atoms with Gasteiger partial charge in [0.25, 0.3) is 0 Å². The average molecular weight is 326 g/mol. The second kappa shape index (κ2) is 11.4. The third-order valence-electron chi connectivity index (χ3n) is 3.36. The fourth-order valence-electron chi connectivity index (χ4n) is 2.12. The lowest BCUT2D eigenvalue weighted by Crippen LogP contribution is -2.11. The van der Waals surface area contributed by atoms with E-state index in [0.29, 0.717) is 26.4 Å². The van der Waals surface area contributed by atoms with E-state index in [1.54, 1.807) is 0 Å². The van der Waals surface area contributed by atoms with Crippen LogP contribution in [0.2, 0.25) is 0 Å². The van der Waals surface area contributed by atoms with Gasteiger partial charge in [0.1, 0.15) is 12.4 Å². The van der Waals surface area contributed by atoms with Gasteiger partial charge in [-0.1, -0.05) is 61.5 Å². The van der Waals surface area contributed by atoms with Crippen molar-refractivity contribution in [2.45, 2.75) is 13.3 Å². The van der Waals surface area contributed by atoms with Gasteiger partial charge in [0.05, 0.1) is 19.8 Å². The standard InChI is InChI=1S/C21H26O3/c1-2-14-22-15-16-23-17-18-24-21-12-10-20(11-13-21)9-8-19-6-4-3-5-7-19/h3-13H,2,14-18H2,1H3/b9-8+. The number of hydrogen-bond donors (Lipinski definition) is 0. The minimum atomic E-state index is 0.549. The molecular formula is C21H26O3. The second-order valence-corrected chi connectivity index (χ2v) is 5.39. The summed E-state index contributed by atoms with van der Waals surface area (Å²) >= 11 is 0. The smallest absolute Gasteiger partial charge is 0.119 e. The maximum Gasteiger partial charge on any atom is 0.119 e. The van der Waals surface area contributed by atoms with E-state index in [1.807, 2.05) is 42.5 Å². The fourth-order valence-corrected chi connectivity index (χ4v) is 2.12. The maximum atomic E-state index is 5.66. The lowest BCUT2D eigenvalue weighted by Gasteiger charge is -2.07. The summed E-state index contributed by atoms with van der Waals surface area (Å²) in [5.41, 5.74) is 2.34. The van der Waals surface area contributed by atoms with Crippen LogP contribution in [0.4, 0.5) is 0 Å². The highest BCUT2D eigenvalue weighted by Gasteiger charge is 1.95. The lowest BCUT2D eigenvalue weighted by atomic mass is 10.1. The Hall–Kier alpha value is -2.10. The summed E-state index contributed by atoms with van der Waals surface area (Å²) in [4.78, 5) is 0. The molecule has 0 aromatic heterocycles. The maximum absolute atomic E-state index is 5.66. The first-order valence-electron chi connectivity index (χ1n) is 8.50. The summed E-state index contributed by atoms with van der Waals surface area (Å²) in [7, 11) is 0. The number of ether oxygens (including phenoxy) is 3. The molecule has 0 radical (unpaired) electrons. The molecule has 24 heavy (non-hydrogen) atoms. The van der Waals surface area contributed by atoms with Crippen molar-refractivity contribution in [3.8, 4) is 5.75 Å². The third-order valence-corrected chi connectivity index (χ3v) is 3.36. The molecule has 3 nitrogen and oxygen atoms in total. The van der Waals surface area contributed by atoms with E-state index in [4.69, 9.17) is 14.2 Å². The Balaban J connectivity index is 1.64. The molecule has 0 amide bonds. The molecule has 0 unspecified atom stereocenters. The number of benzene rings is 2. The van der Waals surface area contributed by atoms with Gasteiger partial charge in [0, 0.05) is 6.61 Å². The SMILES string of the molecule is CCCOCCOCCOc1ccc(/C=C/c2ccccc2)cc1.